The second-order valence-corrected chi connectivity index (χ2v) is 10.4. The fourth-order valence-corrected chi connectivity index (χ4v) is 6.25. The average molecular weight is 400 g/mol. The van der Waals surface area contributed by atoms with Crippen LogP contribution in [0.5, 0.6) is 0 Å². The fourth-order valence-electron chi connectivity index (χ4n) is 4.68. The number of piperazine rings is 1. The van der Waals surface area contributed by atoms with E-state index in [2.05, 4.69) is 0 Å². The van der Waals surface area contributed by atoms with E-state index >= 15 is 0 Å². The van der Waals surface area contributed by atoms with Crippen molar-refractivity contribution in [3.63, 3.8) is 0 Å². The molecule has 3 fully saturated rings. The average Bonchev–Trinajstić information content (AvgIpc) is 2.69. The molecule has 0 bridgehead atoms. The van der Waals surface area contributed by atoms with E-state index in [1.165, 1.54) is 10.7 Å². The molecule has 2 saturated carbocycles. The Kier molecular flexibility index (Phi) is 6.58. The molecule has 1 aliphatic heterocycles. The van der Waals surface area contributed by atoms with E-state index in [1.807, 2.05) is 6.92 Å². The van der Waals surface area contributed by atoms with E-state index in [0.29, 0.717) is 45.4 Å². The predicted octanol–water partition coefficient (Wildman–Crippen LogP) is 1.65. The maximum Gasteiger partial charge on any atom is 0.282 e. The molecule has 0 spiro atoms. The number of nitrogens with zero attached hydrogens (tertiary/aromatic N) is 3. The molecule has 0 N–H and O–H groups in total. The van der Waals surface area contributed by atoms with Crippen LogP contribution in [0.2, 0.25) is 0 Å². The van der Waals surface area contributed by atoms with Crippen molar-refractivity contribution in [2.75, 3.05) is 33.2 Å². The fraction of sp³-hybridized carbons (Fsp3) is 0.895. The number of hydrogen-bond donors (Lipinski definition) is 0. The third-order valence-corrected chi connectivity index (χ3v) is 8.65. The van der Waals surface area contributed by atoms with Crippen LogP contribution in [0.4, 0.5) is 0 Å². The Hall–Kier alpha value is -0.990. The van der Waals surface area contributed by atoms with Gasteiger partial charge in [-0.2, -0.15) is 17.0 Å². The monoisotopic (exact) mass is 399 g/mol. The molecule has 3 aliphatic rings. The van der Waals surface area contributed by atoms with E-state index < -0.39 is 10.2 Å². The van der Waals surface area contributed by atoms with Crippen LogP contribution in [0, 0.1) is 11.8 Å². The van der Waals surface area contributed by atoms with Crippen molar-refractivity contribution >= 4 is 21.9 Å². The summed E-state index contributed by atoms with van der Waals surface area (Å²) in [4.78, 5) is 26.3. The van der Waals surface area contributed by atoms with Crippen LogP contribution in [0.15, 0.2) is 0 Å². The van der Waals surface area contributed by atoms with Gasteiger partial charge in [-0.15, -0.1) is 0 Å². The zero-order valence-electron chi connectivity index (χ0n) is 16.6. The lowest BCUT2D eigenvalue weighted by Gasteiger charge is -2.40. The molecule has 8 heteroatoms. The lowest BCUT2D eigenvalue weighted by molar-refractivity contribution is -0.140. The molecule has 3 rings (SSSR count). The van der Waals surface area contributed by atoms with Crippen molar-refractivity contribution in [2.45, 2.75) is 64.3 Å². The van der Waals surface area contributed by atoms with Gasteiger partial charge in [0, 0.05) is 57.5 Å². The minimum absolute atomic E-state index is 0.0430. The van der Waals surface area contributed by atoms with Gasteiger partial charge < -0.3 is 4.90 Å². The van der Waals surface area contributed by atoms with E-state index in [-0.39, 0.29) is 29.6 Å². The van der Waals surface area contributed by atoms with Gasteiger partial charge in [-0.3, -0.25) is 9.59 Å². The highest BCUT2D eigenvalue weighted by molar-refractivity contribution is 7.86. The van der Waals surface area contributed by atoms with E-state index in [1.54, 1.807) is 16.3 Å². The quantitative estimate of drug-likeness (QED) is 0.720. The SMILES string of the molecule is C[C@@H]1C[C@@H](C(=O)N2CCN(S(=O)(=O)N(C)C3CCCCC3)CC2)CCC1=O. The van der Waals surface area contributed by atoms with Crippen molar-refractivity contribution in [1.29, 1.82) is 0 Å². The van der Waals surface area contributed by atoms with Gasteiger partial charge in [0.1, 0.15) is 5.78 Å². The smallest absolute Gasteiger partial charge is 0.282 e. The van der Waals surface area contributed by atoms with Crippen molar-refractivity contribution in [3.8, 4) is 0 Å². The Morgan fingerprint density at radius 2 is 1.67 bits per heavy atom. The molecule has 27 heavy (non-hydrogen) atoms. The largest absolute Gasteiger partial charge is 0.340 e. The predicted molar refractivity (Wildman–Crippen MR) is 103 cm³/mol. The second-order valence-electron chi connectivity index (χ2n) is 8.38. The third-order valence-electron chi connectivity index (χ3n) is 6.61. The lowest BCUT2D eigenvalue weighted by Crippen LogP contribution is -2.56. The molecule has 7 nitrogen and oxygen atoms in total. The first-order valence-electron chi connectivity index (χ1n) is 10.4. The Bertz CT molecular complexity index is 652. The summed E-state index contributed by atoms with van der Waals surface area (Å²) in [5.74, 6) is 0.206. The van der Waals surface area contributed by atoms with E-state index in [4.69, 9.17) is 0 Å². The van der Waals surface area contributed by atoms with Gasteiger partial charge >= 0.3 is 0 Å². The van der Waals surface area contributed by atoms with Gasteiger partial charge in [0.25, 0.3) is 10.2 Å². The molecule has 0 radical (unpaired) electrons. The van der Waals surface area contributed by atoms with Gasteiger partial charge in [-0.05, 0) is 25.7 Å². The Balaban J connectivity index is 1.54. The number of amides is 1. The zero-order chi connectivity index (χ0) is 19.6. The first-order valence-corrected chi connectivity index (χ1v) is 11.7. The summed E-state index contributed by atoms with van der Waals surface area (Å²) in [6.45, 7) is 3.48. The molecule has 1 heterocycles. The van der Waals surface area contributed by atoms with Gasteiger partial charge in [0.2, 0.25) is 5.91 Å². The van der Waals surface area contributed by atoms with Gasteiger partial charge in [-0.25, -0.2) is 0 Å². The van der Waals surface area contributed by atoms with Gasteiger partial charge in [0.05, 0.1) is 0 Å². The highest BCUT2D eigenvalue weighted by Gasteiger charge is 2.37. The van der Waals surface area contributed by atoms with Crippen molar-refractivity contribution < 1.29 is 18.0 Å². The molecule has 0 unspecified atom stereocenters. The molecule has 1 amide bonds. The first kappa shape index (κ1) is 20.7. The Labute approximate surface area is 163 Å². The summed E-state index contributed by atoms with van der Waals surface area (Å²) < 4.78 is 29.0. The van der Waals surface area contributed by atoms with Crippen molar-refractivity contribution in [1.82, 2.24) is 13.5 Å². The maximum absolute atomic E-state index is 13.0. The standard InChI is InChI=1S/C19H33N3O4S/c1-15-14-16(8-9-18(15)23)19(24)21-10-12-22(13-11-21)27(25,26)20(2)17-6-4-3-5-7-17/h15-17H,3-14H2,1-2H3/t15-,16+/m1/s1. The molecule has 0 aromatic rings. The number of carbonyl (C=O) groups is 2. The number of carbonyl (C=O) groups excluding carboxylic acids is 2. The van der Waals surface area contributed by atoms with Crippen LogP contribution < -0.4 is 0 Å². The summed E-state index contributed by atoms with van der Waals surface area (Å²) in [5, 5.41) is 0. The second kappa shape index (κ2) is 8.57. The van der Waals surface area contributed by atoms with Gasteiger partial charge in [-0.1, -0.05) is 26.2 Å². The molecule has 0 aromatic carbocycles. The molecule has 1 saturated heterocycles. The maximum atomic E-state index is 13.0. The van der Waals surface area contributed by atoms with Crippen molar-refractivity contribution in [3.05, 3.63) is 0 Å². The summed E-state index contributed by atoms with van der Waals surface area (Å²) in [6, 6.07) is 0.102. The summed E-state index contributed by atoms with van der Waals surface area (Å²) in [6.07, 6.45) is 6.99. The number of hydrogen-bond acceptors (Lipinski definition) is 4. The topological polar surface area (TPSA) is 78.0 Å². The number of Topliss-reactive ketones (excluding diaryl/α,β-unsaturated/α-hetero) is 1. The van der Waals surface area contributed by atoms with E-state index in [0.717, 1.165) is 25.7 Å². The van der Waals surface area contributed by atoms with Crippen LogP contribution in [-0.2, 0) is 19.8 Å². The normalized spacial score (nSPS) is 29.3. The zero-order valence-corrected chi connectivity index (χ0v) is 17.4. The first-order chi connectivity index (χ1) is 12.8. The van der Waals surface area contributed by atoms with Crippen LogP contribution >= 0.6 is 0 Å². The summed E-state index contributed by atoms with van der Waals surface area (Å²) >= 11 is 0. The number of ketones is 1. The Morgan fingerprint density at radius 3 is 2.26 bits per heavy atom. The Morgan fingerprint density at radius 1 is 1.04 bits per heavy atom. The highest BCUT2D eigenvalue weighted by atomic mass is 32.2. The van der Waals surface area contributed by atoms with Crippen LogP contribution in [0.3, 0.4) is 0 Å². The molecule has 2 aliphatic carbocycles. The third kappa shape index (κ3) is 4.54. The van der Waals surface area contributed by atoms with Crippen LogP contribution in [0.25, 0.3) is 0 Å². The molecular formula is C19H33N3O4S. The molecule has 154 valence electrons. The lowest BCUT2D eigenvalue weighted by atomic mass is 9.81. The number of rotatable bonds is 4. The molecular weight excluding hydrogens is 366 g/mol. The van der Waals surface area contributed by atoms with Crippen LogP contribution in [0.1, 0.15) is 58.3 Å². The van der Waals surface area contributed by atoms with Gasteiger partial charge in [0.15, 0.2) is 0 Å². The molecule has 0 aromatic heterocycles. The minimum atomic E-state index is -3.47. The summed E-state index contributed by atoms with van der Waals surface area (Å²) in [5.41, 5.74) is 0. The highest BCUT2D eigenvalue weighted by Crippen LogP contribution is 2.29. The van der Waals surface area contributed by atoms with E-state index in [9.17, 15) is 18.0 Å². The summed E-state index contributed by atoms with van der Waals surface area (Å²) in [7, 11) is -1.77. The minimum Gasteiger partial charge on any atom is -0.340 e. The van der Waals surface area contributed by atoms with Crippen molar-refractivity contribution in [2.24, 2.45) is 11.8 Å². The van der Waals surface area contributed by atoms with Crippen LogP contribution in [-0.4, -0.2) is 72.9 Å². The molecule has 2 atom stereocenters.